The molecule has 20 heavy (non-hydrogen) atoms. The topological polar surface area (TPSA) is 47.0 Å². The van der Waals surface area contributed by atoms with E-state index in [9.17, 15) is 4.39 Å². The van der Waals surface area contributed by atoms with Gasteiger partial charge in [-0.3, -0.25) is 4.98 Å². The summed E-state index contributed by atoms with van der Waals surface area (Å²) < 4.78 is 18.8. The fraction of sp³-hybridized carbons (Fsp3) is 0.333. The third kappa shape index (κ3) is 3.99. The summed E-state index contributed by atoms with van der Waals surface area (Å²) in [5, 5.41) is 3.25. The SMILES string of the molecule is CCCNCc1cncc(Oc2ccc(F)c(C)c2)n1. The lowest BCUT2D eigenvalue weighted by Crippen LogP contribution is -2.15. The highest BCUT2D eigenvalue weighted by atomic mass is 19.1. The van der Waals surface area contributed by atoms with Gasteiger partial charge in [-0.2, -0.15) is 0 Å². The number of hydrogen-bond donors (Lipinski definition) is 1. The average Bonchev–Trinajstić information content (AvgIpc) is 2.44. The number of nitrogens with zero attached hydrogens (tertiary/aromatic N) is 2. The van der Waals surface area contributed by atoms with Crippen molar-refractivity contribution in [1.29, 1.82) is 0 Å². The molecule has 0 saturated carbocycles. The third-order valence-corrected chi connectivity index (χ3v) is 2.75. The molecule has 0 radical (unpaired) electrons. The summed E-state index contributed by atoms with van der Waals surface area (Å²) in [7, 11) is 0. The molecular formula is C15H18FN3O. The number of nitrogens with one attached hydrogen (secondary N) is 1. The number of benzene rings is 1. The molecule has 1 N–H and O–H groups in total. The third-order valence-electron chi connectivity index (χ3n) is 2.75. The zero-order valence-electron chi connectivity index (χ0n) is 11.7. The van der Waals surface area contributed by atoms with Crippen LogP contribution in [0.5, 0.6) is 11.6 Å². The van der Waals surface area contributed by atoms with Gasteiger partial charge in [0.1, 0.15) is 11.6 Å². The van der Waals surface area contributed by atoms with Gasteiger partial charge >= 0.3 is 0 Å². The molecule has 0 fully saturated rings. The highest BCUT2D eigenvalue weighted by Crippen LogP contribution is 2.21. The van der Waals surface area contributed by atoms with E-state index in [0.29, 0.717) is 23.7 Å². The van der Waals surface area contributed by atoms with Crippen LogP contribution < -0.4 is 10.1 Å². The molecule has 5 heteroatoms. The van der Waals surface area contributed by atoms with Gasteiger partial charge in [0.25, 0.3) is 0 Å². The lowest BCUT2D eigenvalue weighted by molar-refractivity contribution is 0.454. The van der Waals surface area contributed by atoms with Gasteiger partial charge in [-0.1, -0.05) is 6.92 Å². The first-order valence-electron chi connectivity index (χ1n) is 6.64. The monoisotopic (exact) mass is 275 g/mol. The highest BCUT2D eigenvalue weighted by molar-refractivity contribution is 5.31. The average molecular weight is 275 g/mol. The van der Waals surface area contributed by atoms with E-state index in [1.807, 2.05) is 0 Å². The Hall–Kier alpha value is -2.01. The number of hydrogen-bond acceptors (Lipinski definition) is 4. The minimum atomic E-state index is -0.249. The van der Waals surface area contributed by atoms with Gasteiger partial charge < -0.3 is 10.1 Å². The standard InChI is InChI=1S/C15H18FN3O/c1-3-6-17-8-12-9-18-10-15(19-12)20-13-4-5-14(16)11(2)7-13/h4-5,7,9-10,17H,3,6,8H2,1-2H3. The fourth-order valence-corrected chi connectivity index (χ4v) is 1.72. The van der Waals surface area contributed by atoms with Crippen LogP contribution in [-0.4, -0.2) is 16.5 Å². The Morgan fingerprint density at radius 1 is 1.30 bits per heavy atom. The Morgan fingerprint density at radius 3 is 2.90 bits per heavy atom. The molecule has 2 aromatic rings. The van der Waals surface area contributed by atoms with E-state index >= 15 is 0 Å². The predicted molar refractivity (Wildman–Crippen MR) is 75.2 cm³/mol. The molecule has 0 amide bonds. The van der Waals surface area contributed by atoms with E-state index in [4.69, 9.17) is 4.74 Å². The minimum absolute atomic E-state index is 0.249. The highest BCUT2D eigenvalue weighted by Gasteiger charge is 2.04. The second kappa shape index (κ2) is 6.96. The molecule has 0 spiro atoms. The summed E-state index contributed by atoms with van der Waals surface area (Å²) in [6.07, 6.45) is 4.31. The van der Waals surface area contributed by atoms with Crippen LogP contribution in [0.3, 0.4) is 0 Å². The zero-order valence-corrected chi connectivity index (χ0v) is 11.7. The normalized spacial score (nSPS) is 10.6. The van der Waals surface area contributed by atoms with Gasteiger partial charge in [-0.25, -0.2) is 9.37 Å². The first-order chi connectivity index (χ1) is 9.69. The molecule has 0 aliphatic rings. The quantitative estimate of drug-likeness (QED) is 0.822. The van der Waals surface area contributed by atoms with Crippen molar-refractivity contribution < 1.29 is 9.13 Å². The lowest BCUT2D eigenvalue weighted by Gasteiger charge is -2.07. The van der Waals surface area contributed by atoms with E-state index in [1.165, 1.54) is 6.07 Å². The molecule has 1 aromatic carbocycles. The van der Waals surface area contributed by atoms with Crippen LogP contribution >= 0.6 is 0 Å². The van der Waals surface area contributed by atoms with Crippen LogP contribution in [0.25, 0.3) is 0 Å². The molecule has 0 unspecified atom stereocenters. The molecule has 0 saturated heterocycles. The number of aromatic nitrogens is 2. The van der Waals surface area contributed by atoms with Crippen molar-refractivity contribution in [2.45, 2.75) is 26.8 Å². The molecule has 4 nitrogen and oxygen atoms in total. The van der Waals surface area contributed by atoms with E-state index in [-0.39, 0.29) is 5.82 Å². The van der Waals surface area contributed by atoms with Crippen molar-refractivity contribution in [3.05, 3.63) is 47.7 Å². The van der Waals surface area contributed by atoms with Crippen molar-refractivity contribution in [3.63, 3.8) is 0 Å². The first kappa shape index (κ1) is 14.4. The number of rotatable bonds is 6. The van der Waals surface area contributed by atoms with Gasteiger partial charge in [0, 0.05) is 12.7 Å². The fourth-order valence-electron chi connectivity index (χ4n) is 1.72. The Morgan fingerprint density at radius 2 is 2.15 bits per heavy atom. The Labute approximate surface area is 118 Å². The van der Waals surface area contributed by atoms with Gasteiger partial charge in [-0.15, -0.1) is 0 Å². The Bertz CT molecular complexity index is 575. The first-order valence-corrected chi connectivity index (χ1v) is 6.64. The van der Waals surface area contributed by atoms with E-state index < -0.39 is 0 Å². The van der Waals surface area contributed by atoms with Crippen LogP contribution in [0.2, 0.25) is 0 Å². The van der Waals surface area contributed by atoms with Gasteiger partial charge in [0.05, 0.1) is 11.9 Å². The predicted octanol–water partition coefficient (Wildman–Crippen LogP) is 3.22. The van der Waals surface area contributed by atoms with Crippen molar-refractivity contribution in [2.75, 3.05) is 6.54 Å². The van der Waals surface area contributed by atoms with Crippen LogP contribution in [-0.2, 0) is 6.54 Å². The maximum absolute atomic E-state index is 13.2. The largest absolute Gasteiger partial charge is 0.437 e. The minimum Gasteiger partial charge on any atom is -0.437 e. The molecule has 1 aromatic heterocycles. The molecule has 0 atom stereocenters. The summed E-state index contributed by atoms with van der Waals surface area (Å²) in [4.78, 5) is 8.45. The maximum atomic E-state index is 13.2. The summed E-state index contributed by atoms with van der Waals surface area (Å²) in [5.41, 5.74) is 1.35. The second-order valence-electron chi connectivity index (χ2n) is 4.54. The number of halogens is 1. The van der Waals surface area contributed by atoms with E-state index in [1.54, 1.807) is 31.5 Å². The molecule has 0 bridgehead atoms. The molecule has 0 aliphatic carbocycles. The number of ether oxygens (including phenoxy) is 1. The number of aryl methyl sites for hydroxylation is 1. The van der Waals surface area contributed by atoms with Crippen LogP contribution in [0.15, 0.2) is 30.6 Å². The summed E-state index contributed by atoms with van der Waals surface area (Å²) in [6, 6.07) is 4.59. The lowest BCUT2D eigenvalue weighted by atomic mass is 10.2. The van der Waals surface area contributed by atoms with Gasteiger partial charge in [0.15, 0.2) is 0 Å². The summed E-state index contributed by atoms with van der Waals surface area (Å²) in [5.74, 6) is 0.713. The van der Waals surface area contributed by atoms with Crippen LogP contribution in [0.4, 0.5) is 4.39 Å². The summed E-state index contributed by atoms with van der Waals surface area (Å²) >= 11 is 0. The Kier molecular flexibility index (Phi) is 5.01. The van der Waals surface area contributed by atoms with Crippen molar-refractivity contribution in [1.82, 2.24) is 15.3 Å². The molecule has 106 valence electrons. The van der Waals surface area contributed by atoms with Crippen LogP contribution in [0, 0.1) is 12.7 Å². The summed E-state index contributed by atoms with van der Waals surface area (Å²) in [6.45, 7) is 5.39. The van der Waals surface area contributed by atoms with E-state index in [2.05, 4.69) is 22.2 Å². The van der Waals surface area contributed by atoms with Crippen molar-refractivity contribution >= 4 is 0 Å². The molecular weight excluding hydrogens is 257 g/mol. The molecule has 2 rings (SSSR count). The van der Waals surface area contributed by atoms with Crippen LogP contribution in [0.1, 0.15) is 24.6 Å². The van der Waals surface area contributed by atoms with Crippen molar-refractivity contribution in [3.8, 4) is 11.6 Å². The molecule has 1 heterocycles. The second-order valence-corrected chi connectivity index (χ2v) is 4.54. The van der Waals surface area contributed by atoms with Crippen molar-refractivity contribution in [2.24, 2.45) is 0 Å². The van der Waals surface area contributed by atoms with Gasteiger partial charge in [0.2, 0.25) is 5.88 Å². The zero-order chi connectivity index (χ0) is 14.4. The molecule has 0 aliphatic heterocycles. The maximum Gasteiger partial charge on any atom is 0.238 e. The smallest absolute Gasteiger partial charge is 0.238 e. The Balaban J connectivity index is 2.05. The van der Waals surface area contributed by atoms with E-state index in [0.717, 1.165) is 18.7 Å². The van der Waals surface area contributed by atoms with Gasteiger partial charge in [-0.05, 0) is 43.7 Å².